The van der Waals surface area contributed by atoms with E-state index in [0.29, 0.717) is 13.1 Å². The third-order valence-electron chi connectivity index (χ3n) is 3.47. The Morgan fingerprint density at radius 2 is 2.05 bits per heavy atom. The van der Waals surface area contributed by atoms with Gasteiger partial charge in [0.05, 0.1) is 6.04 Å². The molecule has 1 aliphatic heterocycles. The number of amides is 2. The molecule has 0 aliphatic carbocycles. The smallest absolute Gasteiger partial charge is 0.410 e. The summed E-state index contributed by atoms with van der Waals surface area (Å²) in [5, 5.41) is 0. The second kappa shape index (κ2) is 7.11. The van der Waals surface area contributed by atoms with Crippen LogP contribution in [0.2, 0.25) is 0 Å². The number of likely N-dealkylation sites (tertiary alicyclic amines) is 1. The molecule has 1 heterocycles. The Morgan fingerprint density at radius 1 is 1.43 bits per heavy atom. The summed E-state index contributed by atoms with van der Waals surface area (Å²) in [5.41, 5.74) is 5.13. The summed E-state index contributed by atoms with van der Waals surface area (Å²) in [6.07, 6.45) is 1.67. The molecule has 0 saturated carbocycles. The largest absolute Gasteiger partial charge is 0.444 e. The number of nitrogens with zero attached hydrogens (tertiary/aromatic N) is 2. The van der Waals surface area contributed by atoms with Gasteiger partial charge in [-0.15, -0.1) is 0 Å². The van der Waals surface area contributed by atoms with Crippen LogP contribution in [0.25, 0.3) is 0 Å². The Hall–Kier alpha value is -1.30. The van der Waals surface area contributed by atoms with E-state index in [1.807, 2.05) is 20.8 Å². The fourth-order valence-corrected chi connectivity index (χ4v) is 2.53. The summed E-state index contributed by atoms with van der Waals surface area (Å²) in [6, 6.07) is -0.486. The van der Waals surface area contributed by atoms with Gasteiger partial charge in [0.1, 0.15) is 5.60 Å². The van der Waals surface area contributed by atoms with Crippen molar-refractivity contribution in [2.24, 2.45) is 11.7 Å². The van der Waals surface area contributed by atoms with Crippen molar-refractivity contribution in [1.29, 1.82) is 0 Å². The molecule has 1 rings (SSSR count). The molecule has 2 amide bonds. The minimum absolute atomic E-state index is 0.0654. The van der Waals surface area contributed by atoms with Gasteiger partial charge in [0.2, 0.25) is 5.91 Å². The van der Waals surface area contributed by atoms with Crippen molar-refractivity contribution < 1.29 is 14.3 Å². The number of hydrogen-bond acceptors (Lipinski definition) is 4. The third kappa shape index (κ3) is 5.91. The van der Waals surface area contributed by atoms with Crippen molar-refractivity contribution in [2.75, 3.05) is 26.7 Å². The van der Waals surface area contributed by atoms with E-state index in [4.69, 9.17) is 10.5 Å². The number of likely N-dealkylation sites (N-methyl/N-ethyl adjacent to an activating group) is 1. The topological polar surface area (TPSA) is 75.9 Å². The Bertz CT molecular complexity index is 377. The molecule has 0 aromatic rings. The van der Waals surface area contributed by atoms with Crippen LogP contribution in [-0.4, -0.2) is 60.1 Å². The Balaban J connectivity index is 2.52. The maximum absolute atomic E-state index is 12.1. The molecule has 1 saturated heterocycles. The molecule has 6 nitrogen and oxygen atoms in total. The van der Waals surface area contributed by atoms with Crippen LogP contribution in [0.1, 0.15) is 40.5 Å². The zero-order valence-corrected chi connectivity index (χ0v) is 13.9. The second-order valence-electron chi connectivity index (χ2n) is 6.94. The summed E-state index contributed by atoms with van der Waals surface area (Å²) < 4.78 is 5.40. The lowest BCUT2D eigenvalue weighted by molar-refractivity contribution is -0.131. The second-order valence-corrected chi connectivity index (χ2v) is 6.94. The number of rotatable bonds is 3. The van der Waals surface area contributed by atoms with Crippen LogP contribution in [0, 0.1) is 5.92 Å². The molecule has 0 aromatic heterocycles. The van der Waals surface area contributed by atoms with E-state index in [0.717, 1.165) is 19.4 Å². The third-order valence-corrected chi connectivity index (χ3v) is 3.47. The van der Waals surface area contributed by atoms with Gasteiger partial charge in [-0.25, -0.2) is 4.79 Å². The first-order valence-corrected chi connectivity index (χ1v) is 7.58. The number of piperidine rings is 1. The van der Waals surface area contributed by atoms with Crippen LogP contribution in [0.3, 0.4) is 0 Å². The van der Waals surface area contributed by atoms with Crippen molar-refractivity contribution in [3.8, 4) is 0 Å². The van der Waals surface area contributed by atoms with E-state index in [2.05, 4.69) is 0 Å². The molecule has 2 N–H and O–H groups in total. The van der Waals surface area contributed by atoms with Gasteiger partial charge in [0.15, 0.2) is 0 Å². The van der Waals surface area contributed by atoms with Crippen LogP contribution in [-0.2, 0) is 9.53 Å². The van der Waals surface area contributed by atoms with Gasteiger partial charge in [0, 0.05) is 26.7 Å². The first kappa shape index (κ1) is 17.8. The highest BCUT2D eigenvalue weighted by Crippen LogP contribution is 2.20. The first-order chi connectivity index (χ1) is 9.60. The van der Waals surface area contributed by atoms with E-state index in [1.54, 1.807) is 23.8 Å². The maximum atomic E-state index is 12.1. The summed E-state index contributed by atoms with van der Waals surface area (Å²) in [7, 11) is 1.76. The van der Waals surface area contributed by atoms with Crippen LogP contribution in [0.15, 0.2) is 0 Å². The molecule has 1 aliphatic rings. The number of ether oxygens (including phenoxy) is 1. The molecule has 0 radical (unpaired) electrons. The van der Waals surface area contributed by atoms with Crippen molar-refractivity contribution in [3.63, 3.8) is 0 Å². The molecule has 1 fully saturated rings. The van der Waals surface area contributed by atoms with Crippen LogP contribution in [0.4, 0.5) is 4.79 Å². The van der Waals surface area contributed by atoms with Gasteiger partial charge < -0.3 is 20.3 Å². The van der Waals surface area contributed by atoms with Gasteiger partial charge >= 0.3 is 6.09 Å². The van der Waals surface area contributed by atoms with Gasteiger partial charge in [-0.3, -0.25) is 4.79 Å². The number of carbonyl (C=O) groups is 2. The Morgan fingerprint density at radius 3 is 2.57 bits per heavy atom. The van der Waals surface area contributed by atoms with Crippen molar-refractivity contribution in [3.05, 3.63) is 0 Å². The minimum Gasteiger partial charge on any atom is -0.444 e. The first-order valence-electron chi connectivity index (χ1n) is 7.58. The van der Waals surface area contributed by atoms with Gasteiger partial charge in [-0.1, -0.05) is 0 Å². The SMILES string of the molecule is CC(N)C(=O)N(C)CC1CCCN(C(=O)OC(C)(C)C)C1. The van der Waals surface area contributed by atoms with E-state index >= 15 is 0 Å². The highest BCUT2D eigenvalue weighted by Gasteiger charge is 2.29. The monoisotopic (exact) mass is 299 g/mol. The van der Waals surface area contributed by atoms with E-state index in [9.17, 15) is 9.59 Å². The summed E-state index contributed by atoms with van der Waals surface area (Å²) in [6.45, 7) is 9.25. The average Bonchev–Trinajstić information content (AvgIpc) is 2.35. The summed E-state index contributed by atoms with van der Waals surface area (Å²) >= 11 is 0. The molecular formula is C15H29N3O3. The van der Waals surface area contributed by atoms with Crippen molar-refractivity contribution >= 4 is 12.0 Å². The highest BCUT2D eigenvalue weighted by atomic mass is 16.6. The fraction of sp³-hybridized carbons (Fsp3) is 0.867. The molecule has 122 valence electrons. The van der Waals surface area contributed by atoms with E-state index in [1.165, 1.54) is 0 Å². The molecule has 2 unspecified atom stereocenters. The molecule has 2 atom stereocenters. The van der Waals surface area contributed by atoms with E-state index < -0.39 is 11.6 Å². The molecule has 0 bridgehead atoms. The van der Waals surface area contributed by atoms with Gasteiger partial charge in [-0.05, 0) is 46.5 Å². The fourth-order valence-electron chi connectivity index (χ4n) is 2.53. The molecule has 0 aromatic carbocycles. The molecule has 6 heteroatoms. The zero-order valence-electron chi connectivity index (χ0n) is 13.9. The quantitative estimate of drug-likeness (QED) is 0.855. The van der Waals surface area contributed by atoms with Crippen LogP contribution in [0.5, 0.6) is 0 Å². The predicted molar refractivity (Wildman–Crippen MR) is 81.8 cm³/mol. The van der Waals surface area contributed by atoms with Crippen molar-refractivity contribution in [2.45, 2.75) is 52.2 Å². The minimum atomic E-state index is -0.486. The van der Waals surface area contributed by atoms with Crippen LogP contribution >= 0.6 is 0 Å². The zero-order chi connectivity index (χ0) is 16.2. The number of carbonyl (C=O) groups excluding carboxylic acids is 2. The summed E-state index contributed by atoms with van der Waals surface area (Å²) in [5.74, 6) is 0.211. The molecule has 0 spiro atoms. The maximum Gasteiger partial charge on any atom is 0.410 e. The molecular weight excluding hydrogens is 270 g/mol. The normalized spacial score (nSPS) is 20.9. The predicted octanol–water partition coefficient (Wildman–Crippen LogP) is 1.44. The lowest BCUT2D eigenvalue weighted by atomic mass is 9.97. The Kier molecular flexibility index (Phi) is 6.01. The summed E-state index contributed by atoms with van der Waals surface area (Å²) in [4.78, 5) is 27.3. The average molecular weight is 299 g/mol. The standard InChI is InChI=1S/C15H29N3O3/c1-11(16)13(19)17(5)9-12-7-6-8-18(10-12)14(20)21-15(2,3)4/h11-12H,6-10,16H2,1-5H3. The van der Waals surface area contributed by atoms with Crippen LogP contribution < -0.4 is 5.73 Å². The van der Waals surface area contributed by atoms with E-state index in [-0.39, 0.29) is 17.9 Å². The van der Waals surface area contributed by atoms with Crippen molar-refractivity contribution in [1.82, 2.24) is 9.80 Å². The highest BCUT2D eigenvalue weighted by molar-refractivity contribution is 5.80. The molecule has 21 heavy (non-hydrogen) atoms. The lowest BCUT2D eigenvalue weighted by Crippen LogP contribution is -2.47. The number of nitrogens with two attached hydrogens (primary N) is 1. The Labute approximate surface area is 127 Å². The van der Waals surface area contributed by atoms with Gasteiger partial charge in [-0.2, -0.15) is 0 Å². The van der Waals surface area contributed by atoms with Gasteiger partial charge in [0.25, 0.3) is 0 Å². The number of hydrogen-bond donors (Lipinski definition) is 1. The lowest BCUT2D eigenvalue weighted by Gasteiger charge is -2.35.